The molecule has 0 aliphatic heterocycles. The van der Waals surface area contributed by atoms with Crippen molar-refractivity contribution in [3.8, 4) is 0 Å². The number of rotatable bonds is 3. The largest absolute Gasteiger partial charge is 0.299 e. The van der Waals surface area contributed by atoms with E-state index < -0.39 is 0 Å². The molecule has 0 bridgehead atoms. The van der Waals surface area contributed by atoms with Gasteiger partial charge in [0.15, 0.2) is 0 Å². The zero-order chi connectivity index (χ0) is 10.8. The summed E-state index contributed by atoms with van der Waals surface area (Å²) in [6.45, 7) is 15.0. The van der Waals surface area contributed by atoms with Crippen LogP contribution in [-0.4, -0.2) is 24.8 Å². The molecule has 1 nitrogen and oxygen atoms in total. The monoisotopic (exact) mass is 202 g/mol. The maximum Gasteiger partial charge on any atom is 0.137 e. The van der Waals surface area contributed by atoms with E-state index in [4.69, 9.17) is 0 Å². The third kappa shape index (κ3) is 3.77. The van der Waals surface area contributed by atoms with Crippen LogP contribution in [0.5, 0.6) is 0 Å². The first-order valence-corrected chi connectivity index (χ1v) is 7.15. The lowest BCUT2D eigenvalue weighted by molar-refractivity contribution is -0.118. The summed E-state index contributed by atoms with van der Waals surface area (Å²) in [6.07, 6.45) is 0. The Bertz CT molecular complexity index is 179. The van der Waals surface area contributed by atoms with Crippen molar-refractivity contribution in [1.29, 1.82) is 0 Å². The molecule has 0 aliphatic rings. The summed E-state index contributed by atoms with van der Waals surface area (Å²) in [5, 5.41) is 0. The fraction of sp³-hybridized carbons (Fsp3) is 0.909. The number of Topliss-reactive ketones (excluding diaryl/α,β-unsaturated/α-hetero) is 1. The predicted molar refractivity (Wildman–Crippen MR) is 61.9 cm³/mol. The van der Waals surface area contributed by atoms with E-state index in [2.05, 4.69) is 41.0 Å². The van der Waals surface area contributed by atoms with Crippen molar-refractivity contribution in [2.24, 2.45) is 11.3 Å². The van der Waals surface area contributed by atoms with E-state index in [1.54, 1.807) is 6.92 Å². The predicted octanol–water partition coefficient (Wildman–Crippen LogP) is 3.37. The molecule has 0 aromatic carbocycles. The van der Waals surface area contributed by atoms with Crippen molar-refractivity contribution in [1.82, 2.24) is 0 Å². The van der Waals surface area contributed by atoms with E-state index in [-0.39, 0.29) is 19.0 Å². The lowest BCUT2D eigenvalue weighted by Crippen LogP contribution is -2.33. The molecule has 0 heterocycles. The maximum atomic E-state index is 11.5. The fourth-order valence-electron chi connectivity index (χ4n) is 1.64. The molecule has 2 unspecified atom stereocenters. The summed E-state index contributed by atoms with van der Waals surface area (Å²) in [4.78, 5) is 11.5. The third-order valence-electron chi connectivity index (χ3n) is 2.81. The lowest BCUT2D eigenvalue weighted by Gasteiger charge is -2.35. The Labute approximate surface area is 84.0 Å². The van der Waals surface area contributed by atoms with Crippen LogP contribution >= 0.6 is 7.92 Å². The summed E-state index contributed by atoms with van der Waals surface area (Å²) < 4.78 is 0. The van der Waals surface area contributed by atoms with Crippen molar-refractivity contribution >= 4 is 13.7 Å². The second-order valence-electron chi connectivity index (χ2n) is 5.17. The molecule has 0 spiro atoms. The quantitative estimate of drug-likeness (QED) is 0.641. The molecular formula is C11H23OP. The van der Waals surface area contributed by atoms with Gasteiger partial charge in [-0.25, -0.2) is 0 Å². The summed E-state index contributed by atoms with van der Waals surface area (Å²) in [5.74, 6) is 0.838. The Morgan fingerprint density at radius 1 is 1.23 bits per heavy atom. The average Bonchev–Trinajstić information content (AvgIpc) is 1.82. The van der Waals surface area contributed by atoms with Crippen LogP contribution in [-0.2, 0) is 4.79 Å². The molecule has 0 saturated heterocycles. The Morgan fingerprint density at radius 2 is 1.62 bits per heavy atom. The van der Waals surface area contributed by atoms with Gasteiger partial charge in [0.05, 0.1) is 0 Å². The zero-order valence-electron chi connectivity index (χ0n) is 10.0. The van der Waals surface area contributed by atoms with Crippen molar-refractivity contribution < 1.29 is 4.79 Å². The van der Waals surface area contributed by atoms with Crippen LogP contribution in [0.4, 0.5) is 0 Å². The molecule has 0 aromatic heterocycles. The number of ketones is 1. The Hall–Kier alpha value is 0.100. The van der Waals surface area contributed by atoms with Gasteiger partial charge in [0.1, 0.15) is 5.78 Å². The molecule has 0 aromatic rings. The van der Waals surface area contributed by atoms with E-state index >= 15 is 0 Å². The second-order valence-corrected chi connectivity index (χ2v) is 7.66. The van der Waals surface area contributed by atoms with E-state index in [0.29, 0.717) is 11.7 Å². The first-order chi connectivity index (χ1) is 5.68. The number of hydrogen-bond acceptors (Lipinski definition) is 1. The van der Waals surface area contributed by atoms with Gasteiger partial charge in [0.2, 0.25) is 0 Å². The summed E-state index contributed by atoms with van der Waals surface area (Å²) in [6, 6.07) is 0. The Kier molecular flexibility index (Phi) is 4.59. The molecule has 0 amide bonds. The van der Waals surface area contributed by atoms with Gasteiger partial charge >= 0.3 is 0 Å². The molecule has 13 heavy (non-hydrogen) atoms. The third-order valence-corrected chi connectivity index (χ3v) is 4.74. The second kappa shape index (κ2) is 4.55. The first-order valence-electron chi connectivity index (χ1n) is 4.84. The van der Waals surface area contributed by atoms with Gasteiger partial charge < -0.3 is 0 Å². The molecule has 0 N–H and O–H groups in total. The molecule has 2 atom stereocenters. The summed E-state index contributed by atoms with van der Waals surface area (Å²) in [7, 11) is -0.157. The van der Waals surface area contributed by atoms with Gasteiger partial charge in [-0.15, -0.1) is 7.92 Å². The summed E-state index contributed by atoms with van der Waals surface area (Å²) in [5.41, 5.74) is 0.512. The zero-order valence-corrected chi connectivity index (χ0v) is 10.9. The van der Waals surface area contributed by atoms with Crippen molar-refractivity contribution in [3.63, 3.8) is 0 Å². The molecule has 0 fully saturated rings. The standard InChI is InChI=1S/C11H23OP/c1-8(11(3,4)5)10(9(2)12)13(6)7/h8,10H,1-7H3. The highest BCUT2D eigenvalue weighted by Crippen LogP contribution is 2.44. The van der Waals surface area contributed by atoms with Crippen molar-refractivity contribution in [3.05, 3.63) is 0 Å². The van der Waals surface area contributed by atoms with Crippen LogP contribution in [0.25, 0.3) is 0 Å². The first kappa shape index (κ1) is 13.1. The average molecular weight is 202 g/mol. The topological polar surface area (TPSA) is 17.1 Å². The van der Waals surface area contributed by atoms with Crippen LogP contribution in [0.3, 0.4) is 0 Å². The van der Waals surface area contributed by atoms with Gasteiger partial charge in [-0.2, -0.15) is 0 Å². The molecule has 0 rings (SSSR count). The highest BCUT2D eigenvalue weighted by atomic mass is 31.1. The van der Waals surface area contributed by atoms with E-state index in [1.807, 2.05) is 0 Å². The number of hydrogen-bond donors (Lipinski definition) is 0. The van der Waals surface area contributed by atoms with Crippen LogP contribution in [0, 0.1) is 11.3 Å². The molecule has 0 radical (unpaired) electrons. The van der Waals surface area contributed by atoms with Gasteiger partial charge in [-0.1, -0.05) is 27.7 Å². The number of carbonyl (C=O) groups is 1. The van der Waals surface area contributed by atoms with Gasteiger partial charge in [0.25, 0.3) is 0 Å². The normalized spacial score (nSPS) is 17.2. The van der Waals surface area contributed by atoms with Crippen LogP contribution < -0.4 is 0 Å². The summed E-state index contributed by atoms with van der Waals surface area (Å²) >= 11 is 0. The highest BCUT2D eigenvalue weighted by molar-refractivity contribution is 7.57. The van der Waals surface area contributed by atoms with Crippen molar-refractivity contribution in [2.75, 3.05) is 13.3 Å². The molecule has 0 saturated carbocycles. The molecule has 78 valence electrons. The van der Waals surface area contributed by atoms with Gasteiger partial charge in [-0.3, -0.25) is 4.79 Å². The van der Waals surface area contributed by atoms with Gasteiger partial charge in [-0.05, 0) is 31.6 Å². The fourth-order valence-corrected chi connectivity index (χ4v) is 3.71. The van der Waals surface area contributed by atoms with E-state index in [9.17, 15) is 4.79 Å². The lowest BCUT2D eigenvalue weighted by atomic mass is 9.79. The van der Waals surface area contributed by atoms with Crippen molar-refractivity contribution in [2.45, 2.75) is 40.3 Å². The van der Waals surface area contributed by atoms with Crippen LogP contribution in [0.15, 0.2) is 0 Å². The van der Waals surface area contributed by atoms with Crippen LogP contribution in [0.1, 0.15) is 34.6 Å². The molecular weight excluding hydrogens is 179 g/mol. The number of carbonyl (C=O) groups excluding carboxylic acids is 1. The minimum Gasteiger partial charge on any atom is -0.299 e. The Morgan fingerprint density at radius 3 is 1.69 bits per heavy atom. The van der Waals surface area contributed by atoms with Crippen LogP contribution in [0.2, 0.25) is 0 Å². The Balaban J connectivity index is 4.67. The highest BCUT2D eigenvalue weighted by Gasteiger charge is 2.32. The maximum absolute atomic E-state index is 11.5. The minimum absolute atomic E-state index is 0.157. The minimum atomic E-state index is -0.157. The molecule has 2 heteroatoms. The smallest absolute Gasteiger partial charge is 0.137 e. The molecule has 0 aliphatic carbocycles. The SMILES string of the molecule is CC(=O)C(C(C)C(C)(C)C)P(C)C. The van der Waals surface area contributed by atoms with E-state index in [0.717, 1.165) is 0 Å². The van der Waals surface area contributed by atoms with E-state index in [1.165, 1.54) is 0 Å². The van der Waals surface area contributed by atoms with Gasteiger partial charge in [0, 0.05) is 5.66 Å².